The minimum absolute atomic E-state index is 0.386. The minimum atomic E-state index is -0.386. The van der Waals surface area contributed by atoms with Gasteiger partial charge in [-0.25, -0.2) is 0 Å². The molecule has 4 rings (SSSR count). The van der Waals surface area contributed by atoms with Crippen molar-refractivity contribution in [1.29, 1.82) is 0 Å². The first-order chi connectivity index (χ1) is 10.7. The molecule has 0 saturated heterocycles. The first kappa shape index (κ1) is 13.4. The lowest BCUT2D eigenvalue weighted by Crippen LogP contribution is -2.31. The molecule has 22 heavy (non-hydrogen) atoms. The number of anilines is 1. The zero-order valence-corrected chi connectivity index (χ0v) is 12.7. The van der Waals surface area contributed by atoms with Crippen molar-refractivity contribution in [2.24, 2.45) is 5.73 Å². The van der Waals surface area contributed by atoms with Crippen molar-refractivity contribution in [3.05, 3.63) is 69.6 Å². The molecule has 0 atom stereocenters. The molecule has 0 aromatic heterocycles. The second kappa shape index (κ2) is 4.89. The van der Waals surface area contributed by atoms with E-state index in [2.05, 4.69) is 0 Å². The van der Waals surface area contributed by atoms with Gasteiger partial charge in [-0.15, -0.1) is 0 Å². The number of carbonyl (C=O) groups excluding carboxylic acids is 1. The fourth-order valence-corrected chi connectivity index (χ4v) is 3.89. The number of amides is 1. The van der Waals surface area contributed by atoms with Crippen LogP contribution in [-0.2, 0) is 4.79 Å². The summed E-state index contributed by atoms with van der Waals surface area (Å²) in [5.74, 6) is -0.386. The van der Waals surface area contributed by atoms with Crippen molar-refractivity contribution >= 4 is 29.3 Å². The maximum atomic E-state index is 12.1. The summed E-state index contributed by atoms with van der Waals surface area (Å²) in [5.41, 5.74) is 11.2. The topological polar surface area (TPSA) is 46.3 Å². The van der Waals surface area contributed by atoms with Crippen molar-refractivity contribution in [3.63, 3.8) is 0 Å². The summed E-state index contributed by atoms with van der Waals surface area (Å²) in [6, 6.07) is 8.02. The van der Waals surface area contributed by atoms with Crippen molar-refractivity contribution < 1.29 is 4.79 Å². The van der Waals surface area contributed by atoms with Crippen LogP contribution in [0, 0.1) is 0 Å². The van der Waals surface area contributed by atoms with Gasteiger partial charge in [-0.1, -0.05) is 42.0 Å². The van der Waals surface area contributed by atoms with E-state index < -0.39 is 0 Å². The predicted octanol–water partition coefficient (Wildman–Crippen LogP) is 3.83. The SMILES string of the molecule is NC(=O)C1=C2CCCC2=C(Cl)N2C1=CC=Cc1ccccc12. The number of hydrogen-bond acceptors (Lipinski definition) is 2. The van der Waals surface area contributed by atoms with E-state index in [1.165, 1.54) is 0 Å². The highest BCUT2D eigenvalue weighted by Gasteiger charge is 2.36. The summed E-state index contributed by atoms with van der Waals surface area (Å²) >= 11 is 6.71. The Morgan fingerprint density at radius 3 is 2.77 bits per heavy atom. The minimum Gasteiger partial charge on any atom is -0.366 e. The third-order valence-corrected chi connectivity index (χ3v) is 4.81. The number of allylic oxidation sites excluding steroid dienone is 4. The van der Waals surface area contributed by atoms with Crippen LogP contribution in [0.1, 0.15) is 24.8 Å². The van der Waals surface area contributed by atoms with Gasteiger partial charge >= 0.3 is 0 Å². The average Bonchev–Trinajstić information content (AvgIpc) is 2.89. The molecule has 0 spiro atoms. The number of benzene rings is 1. The normalized spacial score (nSPS) is 19.5. The number of hydrogen-bond donors (Lipinski definition) is 1. The smallest absolute Gasteiger partial charge is 0.251 e. The summed E-state index contributed by atoms with van der Waals surface area (Å²) in [7, 11) is 0. The first-order valence-corrected chi connectivity index (χ1v) is 7.76. The van der Waals surface area contributed by atoms with Gasteiger partial charge in [0.25, 0.3) is 5.91 Å². The van der Waals surface area contributed by atoms with Gasteiger partial charge in [-0.3, -0.25) is 9.69 Å². The fourth-order valence-electron chi connectivity index (χ4n) is 3.50. The molecule has 0 unspecified atom stereocenters. The lowest BCUT2D eigenvalue weighted by Gasteiger charge is -2.33. The fraction of sp³-hybridized carbons (Fsp3) is 0.167. The number of para-hydroxylation sites is 1. The second-order valence-electron chi connectivity index (χ2n) is 5.65. The average molecular weight is 311 g/mol. The number of primary amides is 1. The van der Waals surface area contributed by atoms with E-state index in [4.69, 9.17) is 17.3 Å². The maximum Gasteiger partial charge on any atom is 0.251 e. The Morgan fingerprint density at radius 1 is 1.18 bits per heavy atom. The molecule has 2 aliphatic heterocycles. The Labute approximate surface area is 134 Å². The van der Waals surface area contributed by atoms with Gasteiger partial charge < -0.3 is 5.73 Å². The molecule has 0 radical (unpaired) electrons. The van der Waals surface area contributed by atoms with Crippen molar-refractivity contribution in [2.45, 2.75) is 19.3 Å². The number of nitrogens with zero attached hydrogens (tertiary/aromatic N) is 1. The molecule has 1 saturated carbocycles. The summed E-state index contributed by atoms with van der Waals surface area (Å²) in [5, 5.41) is 0.694. The van der Waals surface area contributed by atoms with E-state index in [-0.39, 0.29) is 5.91 Å². The summed E-state index contributed by atoms with van der Waals surface area (Å²) < 4.78 is 0. The zero-order valence-electron chi connectivity index (χ0n) is 12.0. The van der Waals surface area contributed by atoms with Gasteiger partial charge in [0.2, 0.25) is 0 Å². The lowest BCUT2D eigenvalue weighted by atomic mass is 9.95. The van der Waals surface area contributed by atoms with Gasteiger partial charge in [0, 0.05) is 0 Å². The Morgan fingerprint density at radius 2 is 1.95 bits per heavy atom. The number of nitrogens with two attached hydrogens (primary N) is 1. The van der Waals surface area contributed by atoms with E-state index in [1.807, 2.05) is 47.4 Å². The van der Waals surface area contributed by atoms with Gasteiger partial charge in [0.1, 0.15) is 5.16 Å². The summed E-state index contributed by atoms with van der Waals surface area (Å²) in [6.07, 6.45) is 8.65. The van der Waals surface area contributed by atoms with Crippen molar-refractivity contribution in [3.8, 4) is 0 Å². The molecular formula is C18H15ClN2O. The standard InChI is InChI=1S/C18H15ClN2O/c19-17-13-8-4-7-12(13)16(18(20)22)15-10-3-6-11-5-1-2-9-14(11)21(15)17/h1-3,5-6,9-10H,4,7-8H2,(H2,20,22). The predicted molar refractivity (Wildman–Crippen MR) is 89.0 cm³/mol. The molecule has 1 aromatic rings. The molecule has 3 aliphatic rings. The summed E-state index contributed by atoms with van der Waals surface area (Å²) in [4.78, 5) is 14.0. The van der Waals surface area contributed by atoms with Gasteiger partial charge in [-0.05, 0) is 48.1 Å². The molecule has 0 bridgehead atoms. The monoisotopic (exact) mass is 310 g/mol. The molecule has 1 aromatic carbocycles. The largest absolute Gasteiger partial charge is 0.366 e. The first-order valence-electron chi connectivity index (χ1n) is 7.38. The molecule has 4 heteroatoms. The van der Waals surface area contributed by atoms with Crippen molar-refractivity contribution in [2.75, 3.05) is 4.90 Å². The van der Waals surface area contributed by atoms with Crippen LogP contribution in [0.2, 0.25) is 0 Å². The highest BCUT2D eigenvalue weighted by Crippen LogP contribution is 2.47. The quantitative estimate of drug-likeness (QED) is 0.801. The summed E-state index contributed by atoms with van der Waals surface area (Å²) in [6.45, 7) is 0. The van der Waals surface area contributed by atoms with E-state index in [9.17, 15) is 4.79 Å². The molecule has 3 nitrogen and oxygen atoms in total. The lowest BCUT2D eigenvalue weighted by molar-refractivity contribution is -0.114. The van der Waals surface area contributed by atoms with Crippen LogP contribution in [0.5, 0.6) is 0 Å². The number of fused-ring (bicyclic) bond motifs is 4. The van der Waals surface area contributed by atoms with Crippen LogP contribution in [0.4, 0.5) is 5.69 Å². The molecular weight excluding hydrogens is 296 g/mol. The Hall–Kier alpha value is -2.26. The third kappa shape index (κ3) is 1.79. The van der Waals surface area contributed by atoms with E-state index >= 15 is 0 Å². The molecule has 1 aliphatic carbocycles. The molecule has 1 amide bonds. The molecule has 2 heterocycles. The second-order valence-corrected chi connectivity index (χ2v) is 6.00. The highest BCUT2D eigenvalue weighted by molar-refractivity contribution is 6.33. The Balaban J connectivity index is 2.03. The van der Waals surface area contributed by atoms with E-state index in [0.29, 0.717) is 10.7 Å². The van der Waals surface area contributed by atoms with Crippen LogP contribution in [0.3, 0.4) is 0 Å². The van der Waals surface area contributed by atoms with E-state index in [1.54, 1.807) is 0 Å². The van der Waals surface area contributed by atoms with Crippen LogP contribution in [-0.4, -0.2) is 5.91 Å². The van der Waals surface area contributed by atoms with Gasteiger partial charge in [0.05, 0.1) is 17.0 Å². The number of halogens is 1. The maximum absolute atomic E-state index is 12.1. The van der Waals surface area contributed by atoms with Crippen LogP contribution in [0.15, 0.2) is 64.0 Å². The Bertz CT molecular complexity index is 814. The zero-order chi connectivity index (χ0) is 15.3. The number of rotatable bonds is 1. The number of carbonyl (C=O) groups is 1. The van der Waals surface area contributed by atoms with Crippen molar-refractivity contribution in [1.82, 2.24) is 0 Å². The molecule has 1 fully saturated rings. The van der Waals surface area contributed by atoms with E-state index in [0.717, 1.165) is 47.4 Å². The van der Waals surface area contributed by atoms with Crippen LogP contribution >= 0.6 is 11.6 Å². The highest BCUT2D eigenvalue weighted by atomic mass is 35.5. The van der Waals surface area contributed by atoms with Crippen LogP contribution < -0.4 is 10.6 Å². The Kier molecular flexibility index (Phi) is 2.98. The molecule has 2 N–H and O–H groups in total. The van der Waals surface area contributed by atoms with Gasteiger partial charge in [-0.2, -0.15) is 0 Å². The van der Waals surface area contributed by atoms with Crippen LogP contribution in [0.25, 0.3) is 6.08 Å². The molecule has 110 valence electrons. The van der Waals surface area contributed by atoms with Gasteiger partial charge in [0.15, 0.2) is 0 Å². The third-order valence-electron chi connectivity index (χ3n) is 4.42.